The minimum Gasteiger partial charge on any atom is -0.469 e. The molecule has 24 heavy (non-hydrogen) atoms. The summed E-state index contributed by atoms with van der Waals surface area (Å²) in [5.74, 6) is 1.21. The predicted molar refractivity (Wildman–Crippen MR) is 102 cm³/mol. The lowest BCUT2D eigenvalue weighted by Gasteiger charge is -2.13. The van der Waals surface area contributed by atoms with E-state index < -0.39 is 0 Å². The van der Waals surface area contributed by atoms with Crippen LogP contribution in [0.4, 0.5) is 0 Å². The number of guanidine groups is 1. The minimum atomic E-state index is -0.116. The van der Waals surface area contributed by atoms with E-state index in [9.17, 15) is 4.79 Å². The van der Waals surface area contributed by atoms with Gasteiger partial charge in [0.05, 0.1) is 13.7 Å². The number of methoxy groups -OCH3 is 1. The molecule has 0 aliphatic heterocycles. The van der Waals surface area contributed by atoms with Crippen LogP contribution in [0.3, 0.4) is 0 Å². The summed E-state index contributed by atoms with van der Waals surface area (Å²) in [6.07, 6.45) is 4.66. The van der Waals surface area contributed by atoms with E-state index in [0.29, 0.717) is 12.3 Å². The van der Waals surface area contributed by atoms with Gasteiger partial charge in [-0.3, -0.25) is 9.79 Å². The zero-order valence-electron chi connectivity index (χ0n) is 15.1. The quantitative estimate of drug-likeness (QED) is 0.276. The molecule has 0 amide bonds. The summed E-state index contributed by atoms with van der Waals surface area (Å²) in [6.45, 7) is 6.83. The van der Waals surface area contributed by atoms with Crippen LogP contribution in [-0.4, -0.2) is 38.7 Å². The number of esters is 1. The first kappa shape index (κ1) is 20.5. The van der Waals surface area contributed by atoms with Crippen molar-refractivity contribution in [1.82, 2.24) is 10.6 Å². The number of nitrogens with one attached hydrogen (secondary N) is 2. The van der Waals surface area contributed by atoms with Crippen LogP contribution in [0.2, 0.25) is 0 Å². The second-order valence-electron chi connectivity index (χ2n) is 5.80. The average molecular weight is 354 g/mol. The number of rotatable bonds is 11. The molecule has 1 aromatic heterocycles. The molecule has 6 heteroatoms. The Balaban J connectivity index is 2.20. The molecular weight excluding hydrogens is 322 g/mol. The van der Waals surface area contributed by atoms with Crippen LogP contribution < -0.4 is 10.6 Å². The Bertz CT molecular complexity index is 475. The van der Waals surface area contributed by atoms with Gasteiger partial charge in [-0.25, -0.2) is 0 Å². The lowest BCUT2D eigenvalue weighted by atomic mass is 10.1. The third kappa shape index (κ3) is 8.91. The van der Waals surface area contributed by atoms with Crippen molar-refractivity contribution in [2.45, 2.75) is 51.9 Å². The van der Waals surface area contributed by atoms with Gasteiger partial charge >= 0.3 is 5.97 Å². The third-order valence-electron chi connectivity index (χ3n) is 3.72. The van der Waals surface area contributed by atoms with Gasteiger partial charge in [-0.05, 0) is 31.2 Å². The van der Waals surface area contributed by atoms with Crippen LogP contribution in [0.5, 0.6) is 0 Å². The third-order valence-corrected chi connectivity index (χ3v) is 4.83. The highest BCUT2D eigenvalue weighted by molar-refractivity contribution is 7.10. The van der Waals surface area contributed by atoms with Gasteiger partial charge in [0, 0.05) is 30.3 Å². The molecule has 0 spiro atoms. The SMILES string of the molecule is CCNC(=NCC(C)c1cccs1)NCCCCCCC(=O)OC. The summed E-state index contributed by atoms with van der Waals surface area (Å²) >= 11 is 1.79. The lowest BCUT2D eigenvalue weighted by Crippen LogP contribution is -2.38. The number of ether oxygens (including phenoxy) is 1. The Kier molecular flexibility index (Phi) is 10.9. The monoisotopic (exact) mass is 353 g/mol. The van der Waals surface area contributed by atoms with E-state index in [4.69, 9.17) is 0 Å². The molecular formula is C18H31N3O2S. The van der Waals surface area contributed by atoms with E-state index >= 15 is 0 Å². The highest BCUT2D eigenvalue weighted by Crippen LogP contribution is 2.20. The zero-order chi connectivity index (χ0) is 17.6. The van der Waals surface area contributed by atoms with Crippen molar-refractivity contribution >= 4 is 23.3 Å². The number of carbonyl (C=O) groups excluding carboxylic acids is 1. The molecule has 0 aromatic carbocycles. The number of thiophene rings is 1. The normalized spacial score (nSPS) is 12.7. The van der Waals surface area contributed by atoms with Gasteiger partial charge in [0.2, 0.25) is 0 Å². The average Bonchev–Trinajstić information content (AvgIpc) is 3.12. The van der Waals surface area contributed by atoms with Gasteiger partial charge in [-0.15, -0.1) is 11.3 Å². The van der Waals surface area contributed by atoms with Gasteiger partial charge < -0.3 is 15.4 Å². The van der Waals surface area contributed by atoms with Crippen LogP contribution in [-0.2, 0) is 9.53 Å². The molecule has 0 bridgehead atoms. The van der Waals surface area contributed by atoms with Crippen LogP contribution in [0.1, 0.15) is 56.7 Å². The smallest absolute Gasteiger partial charge is 0.305 e. The molecule has 0 saturated carbocycles. The maximum Gasteiger partial charge on any atom is 0.305 e. The largest absolute Gasteiger partial charge is 0.469 e. The topological polar surface area (TPSA) is 62.7 Å². The Morgan fingerprint density at radius 3 is 2.75 bits per heavy atom. The van der Waals surface area contributed by atoms with E-state index in [1.807, 2.05) is 0 Å². The van der Waals surface area contributed by atoms with Crippen molar-refractivity contribution in [1.29, 1.82) is 0 Å². The van der Waals surface area contributed by atoms with Crippen molar-refractivity contribution in [2.75, 3.05) is 26.7 Å². The summed E-state index contributed by atoms with van der Waals surface area (Å²) in [6, 6.07) is 4.25. The van der Waals surface area contributed by atoms with Crippen molar-refractivity contribution in [3.63, 3.8) is 0 Å². The molecule has 0 aliphatic rings. The molecule has 5 nitrogen and oxygen atoms in total. The van der Waals surface area contributed by atoms with Crippen molar-refractivity contribution in [2.24, 2.45) is 4.99 Å². The molecule has 1 heterocycles. The van der Waals surface area contributed by atoms with E-state index in [1.165, 1.54) is 12.0 Å². The Morgan fingerprint density at radius 2 is 2.08 bits per heavy atom. The molecule has 0 saturated heterocycles. The first-order valence-corrected chi connectivity index (χ1v) is 9.67. The predicted octanol–water partition coefficient (Wildman–Crippen LogP) is 3.53. The maximum absolute atomic E-state index is 11.0. The summed E-state index contributed by atoms with van der Waals surface area (Å²) in [5, 5.41) is 8.78. The first-order chi connectivity index (χ1) is 11.7. The van der Waals surface area contributed by atoms with Gasteiger partial charge in [0.1, 0.15) is 0 Å². The fourth-order valence-electron chi connectivity index (χ4n) is 2.29. The number of hydrogen-bond donors (Lipinski definition) is 2. The van der Waals surface area contributed by atoms with Crippen LogP contribution in [0.15, 0.2) is 22.5 Å². The number of unbranched alkanes of at least 4 members (excludes halogenated alkanes) is 3. The van der Waals surface area contributed by atoms with Crippen molar-refractivity contribution < 1.29 is 9.53 Å². The molecule has 1 rings (SSSR count). The van der Waals surface area contributed by atoms with Crippen molar-refractivity contribution in [3.05, 3.63) is 22.4 Å². The summed E-state index contributed by atoms with van der Waals surface area (Å²) in [7, 11) is 1.44. The molecule has 1 unspecified atom stereocenters. The fraction of sp³-hybridized carbons (Fsp3) is 0.667. The highest BCUT2D eigenvalue weighted by Gasteiger charge is 2.06. The van der Waals surface area contributed by atoms with E-state index in [1.54, 1.807) is 11.3 Å². The Labute approximate surface area is 149 Å². The highest BCUT2D eigenvalue weighted by atomic mass is 32.1. The first-order valence-electron chi connectivity index (χ1n) is 8.79. The van der Waals surface area contributed by atoms with E-state index in [-0.39, 0.29) is 5.97 Å². The molecule has 0 fully saturated rings. The van der Waals surface area contributed by atoms with Crippen LogP contribution >= 0.6 is 11.3 Å². The summed E-state index contributed by atoms with van der Waals surface area (Å²) < 4.78 is 4.63. The van der Waals surface area contributed by atoms with Gasteiger partial charge in [0.25, 0.3) is 0 Å². The number of nitrogens with zero attached hydrogens (tertiary/aromatic N) is 1. The van der Waals surface area contributed by atoms with Gasteiger partial charge in [-0.1, -0.05) is 25.8 Å². The standard InChI is InChI=1S/C18H31N3O2S/c1-4-19-18(21-14-15(2)16-10-9-13-24-16)20-12-8-6-5-7-11-17(22)23-3/h9-10,13,15H,4-8,11-12,14H2,1-3H3,(H2,19,20,21). The van der Waals surface area contributed by atoms with Gasteiger partial charge in [-0.2, -0.15) is 0 Å². The van der Waals surface area contributed by atoms with Crippen LogP contribution in [0, 0.1) is 0 Å². The van der Waals surface area contributed by atoms with Crippen LogP contribution in [0.25, 0.3) is 0 Å². The zero-order valence-corrected chi connectivity index (χ0v) is 16.0. The second-order valence-corrected chi connectivity index (χ2v) is 6.78. The molecule has 1 aromatic rings. The van der Waals surface area contributed by atoms with E-state index in [2.05, 4.69) is 51.7 Å². The molecule has 2 N–H and O–H groups in total. The minimum absolute atomic E-state index is 0.116. The summed E-state index contributed by atoms with van der Waals surface area (Å²) in [4.78, 5) is 17.1. The van der Waals surface area contributed by atoms with Crippen molar-refractivity contribution in [3.8, 4) is 0 Å². The molecule has 1 atom stereocenters. The maximum atomic E-state index is 11.0. The fourth-order valence-corrected chi connectivity index (χ4v) is 3.07. The molecule has 136 valence electrons. The molecule has 0 aliphatic carbocycles. The Morgan fingerprint density at radius 1 is 1.29 bits per heavy atom. The summed E-state index contributed by atoms with van der Waals surface area (Å²) in [5.41, 5.74) is 0. The van der Waals surface area contributed by atoms with Gasteiger partial charge in [0.15, 0.2) is 5.96 Å². The number of carbonyl (C=O) groups is 1. The van der Waals surface area contributed by atoms with E-state index in [0.717, 1.165) is 51.3 Å². The number of aliphatic imine (C=N–C) groups is 1. The Hall–Kier alpha value is -1.56. The second kappa shape index (κ2) is 12.8. The molecule has 0 radical (unpaired) electrons. The number of hydrogen-bond acceptors (Lipinski definition) is 4. The lowest BCUT2D eigenvalue weighted by molar-refractivity contribution is -0.140.